The molecule has 112 valence electrons. The van der Waals surface area contributed by atoms with E-state index in [0.717, 1.165) is 29.9 Å². The first-order chi connectivity index (χ1) is 10.3. The maximum atomic E-state index is 6.37. The van der Waals surface area contributed by atoms with E-state index in [4.69, 9.17) is 15.2 Å². The number of hydrogen-bond donors (Lipinski definition) is 1. The highest BCUT2D eigenvalue weighted by molar-refractivity contribution is 5.31. The third-order valence-corrected chi connectivity index (χ3v) is 3.45. The van der Waals surface area contributed by atoms with Gasteiger partial charge < -0.3 is 15.2 Å². The van der Waals surface area contributed by atoms with Crippen LogP contribution in [0.25, 0.3) is 0 Å². The Balaban J connectivity index is 2.12. The second-order valence-electron chi connectivity index (χ2n) is 5.01. The van der Waals surface area contributed by atoms with Crippen LogP contribution in [0, 0.1) is 0 Å². The average Bonchev–Trinajstić information content (AvgIpc) is 2.55. The summed E-state index contributed by atoms with van der Waals surface area (Å²) in [7, 11) is 1.69. The summed E-state index contributed by atoms with van der Waals surface area (Å²) in [6.07, 6.45) is 0.842. The molecule has 2 aromatic carbocycles. The molecule has 21 heavy (non-hydrogen) atoms. The zero-order chi connectivity index (χ0) is 15.1. The highest BCUT2D eigenvalue weighted by Gasteiger charge is 2.20. The molecule has 0 fully saturated rings. The number of methoxy groups -OCH3 is 1. The lowest BCUT2D eigenvalue weighted by molar-refractivity contribution is 0.0801. The summed E-state index contributed by atoms with van der Waals surface area (Å²) in [5.74, 6) is 0.876. The monoisotopic (exact) mass is 285 g/mol. The van der Waals surface area contributed by atoms with Crippen molar-refractivity contribution in [3.05, 3.63) is 65.7 Å². The number of nitrogens with two attached hydrogens (primary N) is 1. The lowest BCUT2D eigenvalue weighted by Crippen LogP contribution is -2.21. The topological polar surface area (TPSA) is 44.5 Å². The maximum absolute atomic E-state index is 6.37. The van der Waals surface area contributed by atoms with Crippen molar-refractivity contribution in [3.63, 3.8) is 0 Å². The van der Waals surface area contributed by atoms with E-state index in [0.29, 0.717) is 0 Å². The summed E-state index contributed by atoms with van der Waals surface area (Å²) in [4.78, 5) is 0. The fraction of sp³-hybridized carbons (Fsp3) is 0.333. The van der Waals surface area contributed by atoms with Gasteiger partial charge in [-0.05, 0) is 29.7 Å². The summed E-state index contributed by atoms with van der Waals surface area (Å²) in [5.41, 5.74) is 8.49. The van der Waals surface area contributed by atoms with E-state index >= 15 is 0 Å². The van der Waals surface area contributed by atoms with Crippen molar-refractivity contribution in [2.45, 2.75) is 25.5 Å². The molecule has 2 unspecified atom stereocenters. The van der Waals surface area contributed by atoms with Gasteiger partial charge in [-0.3, -0.25) is 0 Å². The van der Waals surface area contributed by atoms with E-state index in [9.17, 15) is 0 Å². The zero-order valence-electron chi connectivity index (χ0n) is 12.7. The lowest BCUT2D eigenvalue weighted by atomic mass is 9.96. The van der Waals surface area contributed by atoms with Crippen molar-refractivity contribution in [3.8, 4) is 5.75 Å². The van der Waals surface area contributed by atoms with Gasteiger partial charge in [0.25, 0.3) is 0 Å². The maximum Gasteiger partial charge on any atom is 0.119 e. The molecule has 0 amide bonds. The third-order valence-electron chi connectivity index (χ3n) is 3.45. The number of rotatable bonds is 7. The first-order valence-electron chi connectivity index (χ1n) is 7.32. The van der Waals surface area contributed by atoms with Gasteiger partial charge in [-0.2, -0.15) is 0 Å². The minimum absolute atomic E-state index is 0.159. The molecule has 0 bridgehead atoms. The number of hydrogen-bond acceptors (Lipinski definition) is 3. The smallest absolute Gasteiger partial charge is 0.119 e. The van der Waals surface area contributed by atoms with Crippen LogP contribution in [0.2, 0.25) is 0 Å². The standard InChI is InChI=1S/C18H23NO2/c1-3-13-21-16-11-9-14(10-12-16)17(19)18(20-2)15-7-5-4-6-8-15/h4-12,17-18H,3,13,19H2,1-2H3. The Bertz CT molecular complexity index is 525. The van der Waals surface area contributed by atoms with Crippen molar-refractivity contribution in [2.75, 3.05) is 13.7 Å². The van der Waals surface area contributed by atoms with E-state index in [2.05, 4.69) is 6.92 Å². The molecule has 2 N–H and O–H groups in total. The molecular formula is C18H23NO2. The predicted octanol–water partition coefficient (Wildman–Crippen LogP) is 3.86. The zero-order valence-corrected chi connectivity index (χ0v) is 12.7. The van der Waals surface area contributed by atoms with E-state index in [-0.39, 0.29) is 12.1 Å². The molecule has 0 saturated heterocycles. The van der Waals surface area contributed by atoms with Crippen LogP contribution < -0.4 is 10.5 Å². The largest absolute Gasteiger partial charge is 0.494 e. The molecule has 3 heteroatoms. The summed E-state index contributed by atoms with van der Waals surface area (Å²) >= 11 is 0. The van der Waals surface area contributed by atoms with Gasteiger partial charge in [0.2, 0.25) is 0 Å². The Hall–Kier alpha value is -1.84. The fourth-order valence-electron chi connectivity index (χ4n) is 2.31. The van der Waals surface area contributed by atoms with Crippen LogP contribution in [0.1, 0.15) is 36.6 Å². The quantitative estimate of drug-likeness (QED) is 0.840. The normalized spacial score (nSPS) is 13.7. The Morgan fingerprint density at radius 1 is 0.952 bits per heavy atom. The lowest BCUT2D eigenvalue weighted by Gasteiger charge is -2.23. The Morgan fingerprint density at radius 3 is 2.19 bits per heavy atom. The van der Waals surface area contributed by atoms with Crippen molar-refractivity contribution >= 4 is 0 Å². The van der Waals surface area contributed by atoms with Crippen LogP contribution >= 0.6 is 0 Å². The van der Waals surface area contributed by atoms with Gasteiger partial charge in [0.05, 0.1) is 12.6 Å². The molecule has 0 radical (unpaired) electrons. The van der Waals surface area contributed by atoms with Crippen LogP contribution in [-0.2, 0) is 4.74 Å². The summed E-state index contributed by atoms with van der Waals surface area (Å²) in [5, 5.41) is 0. The molecule has 0 aliphatic carbocycles. The van der Waals surface area contributed by atoms with Crippen LogP contribution in [-0.4, -0.2) is 13.7 Å². The van der Waals surface area contributed by atoms with Gasteiger partial charge in [0.15, 0.2) is 0 Å². The first-order valence-corrected chi connectivity index (χ1v) is 7.32. The highest BCUT2D eigenvalue weighted by atomic mass is 16.5. The molecule has 2 atom stereocenters. The summed E-state index contributed by atoms with van der Waals surface area (Å²) in [6.45, 7) is 2.82. The van der Waals surface area contributed by atoms with Gasteiger partial charge in [-0.15, -0.1) is 0 Å². The third kappa shape index (κ3) is 4.06. The molecule has 0 aliphatic heterocycles. The molecule has 3 nitrogen and oxygen atoms in total. The van der Waals surface area contributed by atoms with E-state index in [1.165, 1.54) is 0 Å². The second kappa shape index (κ2) is 7.81. The highest BCUT2D eigenvalue weighted by Crippen LogP contribution is 2.30. The molecule has 0 aromatic heterocycles. The second-order valence-corrected chi connectivity index (χ2v) is 5.01. The molecule has 0 saturated carbocycles. The summed E-state index contributed by atoms with van der Waals surface area (Å²) < 4.78 is 11.2. The van der Waals surface area contributed by atoms with Gasteiger partial charge >= 0.3 is 0 Å². The van der Waals surface area contributed by atoms with Gasteiger partial charge in [0, 0.05) is 7.11 Å². The van der Waals surface area contributed by atoms with E-state index in [1.807, 2.05) is 54.6 Å². The Kier molecular flexibility index (Phi) is 5.78. The van der Waals surface area contributed by atoms with Crippen molar-refractivity contribution in [2.24, 2.45) is 5.73 Å². The average molecular weight is 285 g/mol. The van der Waals surface area contributed by atoms with Gasteiger partial charge in [0.1, 0.15) is 11.9 Å². The molecule has 2 aromatic rings. The van der Waals surface area contributed by atoms with Crippen LogP contribution in [0.5, 0.6) is 5.75 Å². The molecule has 0 aliphatic rings. The number of benzene rings is 2. The van der Waals surface area contributed by atoms with E-state index in [1.54, 1.807) is 7.11 Å². The van der Waals surface area contributed by atoms with Crippen LogP contribution in [0.4, 0.5) is 0 Å². The minimum Gasteiger partial charge on any atom is -0.494 e. The van der Waals surface area contributed by atoms with Crippen molar-refractivity contribution in [1.82, 2.24) is 0 Å². The van der Waals surface area contributed by atoms with Crippen LogP contribution in [0.3, 0.4) is 0 Å². The van der Waals surface area contributed by atoms with Gasteiger partial charge in [-0.25, -0.2) is 0 Å². The van der Waals surface area contributed by atoms with Crippen molar-refractivity contribution in [1.29, 1.82) is 0 Å². The Labute approximate surface area is 126 Å². The molecule has 0 spiro atoms. The molecule has 2 rings (SSSR count). The number of ether oxygens (including phenoxy) is 2. The van der Waals surface area contributed by atoms with Crippen molar-refractivity contribution < 1.29 is 9.47 Å². The fourth-order valence-corrected chi connectivity index (χ4v) is 2.31. The molecular weight excluding hydrogens is 262 g/mol. The summed E-state index contributed by atoms with van der Waals surface area (Å²) in [6, 6.07) is 17.8. The van der Waals surface area contributed by atoms with Crippen LogP contribution in [0.15, 0.2) is 54.6 Å². The Morgan fingerprint density at radius 2 is 1.62 bits per heavy atom. The first kappa shape index (κ1) is 15.5. The minimum atomic E-state index is -0.211. The predicted molar refractivity (Wildman–Crippen MR) is 85.3 cm³/mol. The van der Waals surface area contributed by atoms with Gasteiger partial charge in [-0.1, -0.05) is 49.4 Å². The molecule has 0 heterocycles. The SMILES string of the molecule is CCCOc1ccc(C(N)C(OC)c2ccccc2)cc1. The van der Waals surface area contributed by atoms with E-state index < -0.39 is 0 Å².